The standard InChI is InChI=1S/C12H19F3S/c1-2-3-4-5-6-7-8-9-10-11-16-12(13,14)15/h2-4,7-11H2,1H3. The lowest BCUT2D eigenvalue weighted by atomic mass is 10.2. The molecule has 0 nitrogen and oxygen atoms in total. The summed E-state index contributed by atoms with van der Waals surface area (Å²) >= 11 is 0.0724. The number of halogens is 3. The van der Waals surface area contributed by atoms with Crippen molar-refractivity contribution in [2.24, 2.45) is 0 Å². The fourth-order valence-corrected chi connectivity index (χ4v) is 1.70. The molecule has 0 aromatic rings. The molecule has 0 rings (SSSR count). The van der Waals surface area contributed by atoms with E-state index in [1.165, 1.54) is 0 Å². The molecule has 0 atom stereocenters. The average Bonchev–Trinajstić information content (AvgIpc) is 2.19. The van der Waals surface area contributed by atoms with Gasteiger partial charge in [-0.15, -0.1) is 11.8 Å². The van der Waals surface area contributed by atoms with E-state index in [2.05, 4.69) is 18.8 Å². The number of unbranched alkanes of at least 4 members (excludes halogenated alkanes) is 5. The van der Waals surface area contributed by atoms with E-state index < -0.39 is 5.51 Å². The molecular formula is C12H19F3S. The van der Waals surface area contributed by atoms with E-state index in [1.807, 2.05) is 0 Å². The summed E-state index contributed by atoms with van der Waals surface area (Å²) < 4.78 is 35.2. The van der Waals surface area contributed by atoms with Crippen molar-refractivity contribution in [3.05, 3.63) is 0 Å². The highest BCUT2D eigenvalue weighted by Crippen LogP contribution is 2.30. The molecule has 16 heavy (non-hydrogen) atoms. The minimum Gasteiger partial charge on any atom is -0.160 e. The monoisotopic (exact) mass is 252 g/mol. The van der Waals surface area contributed by atoms with Crippen molar-refractivity contribution in [3.8, 4) is 11.8 Å². The second-order valence-corrected chi connectivity index (χ2v) is 4.72. The number of alkyl halides is 3. The van der Waals surface area contributed by atoms with Gasteiger partial charge in [0.2, 0.25) is 0 Å². The molecule has 0 amide bonds. The van der Waals surface area contributed by atoms with Gasteiger partial charge < -0.3 is 0 Å². The highest BCUT2D eigenvalue weighted by molar-refractivity contribution is 8.00. The topological polar surface area (TPSA) is 0 Å². The largest absolute Gasteiger partial charge is 0.441 e. The zero-order valence-electron chi connectivity index (χ0n) is 9.70. The molecule has 0 N–H and O–H groups in total. The maximum atomic E-state index is 11.7. The quantitative estimate of drug-likeness (QED) is 0.454. The van der Waals surface area contributed by atoms with Gasteiger partial charge in [0, 0.05) is 18.6 Å². The molecule has 0 spiro atoms. The minimum atomic E-state index is -4.07. The summed E-state index contributed by atoms with van der Waals surface area (Å²) in [7, 11) is 0. The summed E-state index contributed by atoms with van der Waals surface area (Å²) in [6, 6.07) is 0. The number of rotatable bonds is 7. The molecule has 0 aliphatic heterocycles. The Balaban J connectivity index is 3.17. The summed E-state index contributed by atoms with van der Waals surface area (Å²) in [5.74, 6) is 6.29. The zero-order valence-corrected chi connectivity index (χ0v) is 10.5. The van der Waals surface area contributed by atoms with Crippen LogP contribution in [0.3, 0.4) is 0 Å². The first-order valence-electron chi connectivity index (χ1n) is 5.72. The SMILES string of the molecule is CCCCC#CCCCCCSC(F)(F)F. The molecule has 0 aliphatic rings. The van der Waals surface area contributed by atoms with Crippen molar-refractivity contribution >= 4 is 11.8 Å². The predicted octanol–water partition coefficient (Wildman–Crippen LogP) is 4.99. The van der Waals surface area contributed by atoms with Gasteiger partial charge >= 0.3 is 5.51 Å². The smallest absolute Gasteiger partial charge is 0.160 e. The van der Waals surface area contributed by atoms with Crippen LogP contribution in [0.5, 0.6) is 0 Å². The molecule has 0 aromatic carbocycles. The average molecular weight is 252 g/mol. The first kappa shape index (κ1) is 15.7. The van der Waals surface area contributed by atoms with Crippen molar-refractivity contribution in [2.75, 3.05) is 5.75 Å². The van der Waals surface area contributed by atoms with E-state index in [4.69, 9.17) is 0 Å². The molecule has 94 valence electrons. The van der Waals surface area contributed by atoms with Crippen LogP contribution in [0.4, 0.5) is 13.2 Å². The van der Waals surface area contributed by atoms with Crippen LogP contribution in [0.2, 0.25) is 0 Å². The Kier molecular flexibility index (Phi) is 9.71. The van der Waals surface area contributed by atoms with Gasteiger partial charge in [-0.25, -0.2) is 0 Å². The zero-order chi connectivity index (χ0) is 12.3. The van der Waals surface area contributed by atoms with Gasteiger partial charge in [0.25, 0.3) is 0 Å². The number of thioether (sulfide) groups is 1. The molecule has 0 aliphatic carbocycles. The van der Waals surface area contributed by atoms with Gasteiger partial charge in [0.05, 0.1) is 0 Å². The van der Waals surface area contributed by atoms with Crippen LogP contribution in [-0.4, -0.2) is 11.3 Å². The van der Waals surface area contributed by atoms with Crippen LogP contribution in [0.25, 0.3) is 0 Å². The Bertz CT molecular complexity index is 213. The minimum absolute atomic E-state index is 0.0724. The predicted molar refractivity (Wildman–Crippen MR) is 64.3 cm³/mol. The van der Waals surface area contributed by atoms with Crippen LogP contribution >= 0.6 is 11.8 Å². The third kappa shape index (κ3) is 13.7. The third-order valence-corrected chi connectivity index (χ3v) is 2.81. The second-order valence-electron chi connectivity index (χ2n) is 3.56. The lowest BCUT2D eigenvalue weighted by Crippen LogP contribution is -2.01. The third-order valence-electron chi connectivity index (χ3n) is 1.99. The first-order valence-corrected chi connectivity index (χ1v) is 6.71. The molecular weight excluding hydrogens is 233 g/mol. The Labute approximate surface area is 100 Å². The van der Waals surface area contributed by atoms with Gasteiger partial charge in [0.1, 0.15) is 0 Å². The van der Waals surface area contributed by atoms with Crippen LogP contribution in [0.1, 0.15) is 51.9 Å². The summed E-state index contributed by atoms with van der Waals surface area (Å²) in [5, 5.41) is 0. The van der Waals surface area contributed by atoms with Gasteiger partial charge in [0.15, 0.2) is 0 Å². The lowest BCUT2D eigenvalue weighted by molar-refractivity contribution is -0.0328. The number of hydrogen-bond donors (Lipinski definition) is 0. The molecule has 0 fully saturated rings. The molecule has 0 heterocycles. The van der Waals surface area contributed by atoms with Crippen molar-refractivity contribution in [1.29, 1.82) is 0 Å². The molecule has 0 unspecified atom stereocenters. The maximum Gasteiger partial charge on any atom is 0.441 e. The Morgan fingerprint density at radius 3 is 2.12 bits per heavy atom. The molecule has 0 saturated heterocycles. The molecule has 4 heteroatoms. The van der Waals surface area contributed by atoms with Crippen LogP contribution in [0, 0.1) is 11.8 Å². The van der Waals surface area contributed by atoms with Crippen LogP contribution in [-0.2, 0) is 0 Å². The van der Waals surface area contributed by atoms with Crippen molar-refractivity contribution in [1.82, 2.24) is 0 Å². The summed E-state index contributed by atoms with van der Waals surface area (Å²) in [5.41, 5.74) is -4.07. The van der Waals surface area contributed by atoms with Gasteiger partial charge in [-0.2, -0.15) is 13.2 Å². The Morgan fingerprint density at radius 1 is 0.938 bits per heavy atom. The highest BCUT2D eigenvalue weighted by atomic mass is 32.2. The fraction of sp³-hybridized carbons (Fsp3) is 0.833. The van der Waals surface area contributed by atoms with E-state index in [-0.39, 0.29) is 17.5 Å². The van der Waals surface area contributed by atoms with E-state index in [0.717, 1.165) is 38.5 Å². The van der Waals surface area contributed by atoms with Gasteiger partial charge in [-0.05, 0) is 19.3 Å². The number of hydrogen-bond acceptors (Lipinski definition) is 1. The fourth-order valence-electron chi connectivity index (χ4n) is 1.12. The molecule has 0 radical (unpaired) electrons. The van der Waals surface area contributed by atoms with Gasteiger partial charge in [-0.3, -0.25) is 0 Å². The Morgan fingerprint density at radius 2 is 1.56 bits per heavy atom. The van der Waals surface area contributed by atoms with Crippen molar-refractivity contribution in [3.63, 3.8) is 0 Å². The normalized spacial score (nSPS) is 11.0. The highest BCUT2D eigenvalue weighted by Gasteiger charge is 2.27. The van der Waals surface area contributed by atoms with Gasteiger partial charge in [-0.1, -0.05) is 31.5 Å². The summed E-state index contributed by atoms with van der Waals surface area (Å²) in [4.78, 5) is 0. The lowest BCUT2D eigenvalue weighted by Gasteiger charge is -2.03. The molecule has 0 aromatic heterocycles. The van der Waals surface area contributed by atoms with E-state index >= 15 is 0 Å². The molecule has 0 bridgehead atoms. The van der Waals surface area contributed by atoms with Crippen molar-refractivity contribution in [2.45, 2.75) is 57.4 Å². The van der Waals surface area contributed by atoms with Crippen LogP contribution < -0.4 is 0 Å². The summed E-state index contributed by atoms with van der Waals surface area (Å²) in [6.07, 6.45) is 6.43. The van der Waals surface area contributed by atoms with Crippen molar-refractivity contribution < 1.29 is 13.2 Å². The van der Waals surface area contributed by atoms with Crippen LogP contribution in [0.15, 0.2) is 0 Å². The molecule has 0 saturated carbocycles. The van der Waals surface area contributed by atoms with E-state index in [9.17, 15) is 13.2 Å². The summed E-state index contributed by atoms with van der Waals surface area (Å²) in [6.45, 7) is 2.12. The first-order chi connectivity index (χ1) is 7.56. The maximum absolute atomic E-state index is 11.7. The second kappa shape index (κ2) is 9.89. The van der Waals surface area contributed by atoms with E-state index in [1.54, 1.807) is 0 Å². The van der Waals surface area contributed by atoms with E-state index in [0.29, 0.717) is 6.42 Å². The Hall–Kier alpha value is -0.300.